The third-order valence-electron chi connectivity index (χ3n) is 4.54. The average Bonchev–Trinajstić information content (AvgIpc) is 3.01. The van der Waals surface area contributed by atoms with Gasteiger partial charge in [0.05, 0.1) is 14.3 Å². The third kappa shape index (κ3) is 3.52. The number of anilines is 1. The summed E-state index contributed by atoms with van der Waals surface area (Å²) >= 11 is 2.75. The van der Waals surface area contributed by atoms with Crippen LogP contribution in [0.4, 0.5) is 27.6 Å². The Bertz CT molecular complexity index is 1120. The molecular weight excluding hydrogens is 475 g/mol. The number of hydrogen-bond donors (Lipinski definition) is 2. The molecule has 0 bridgehead atoms. The number of fused-ring (bicyclic) bond motifs is 1. The maximum absolute atomic E-state index is 14.0. The molecule has 1 aromatic carbocycles. The van der Waals surface area contributed by atoms with Crippen molar-refractivity contribution in [2.24, 2.45) is 0 Å². The van der Waals surface area contributed by atoms with Crippen LogP contribution in [0.3, 0.4) is 0 Å². The smallest absolute Gasteiger partial charge is 0.368 e. The highest BCUT2D eigenvalue weighted by Crippen LogP contribution is 2.44. The first-order valence-electron chi connectivity index (χ1n) is 9.18. The van der Waals surface area contributed by atoms with Crippen molar-refractivity contribution in [2.45, 2.75) is 35.9 Å². The maximum atomic E-state index is 14.0. The van der Waals surface area contributed by atoms with Crippen molar-refractivity contribution in [3.63, 3.8) is 0 Å². The van der Waals surface area contributed by atoms with E-state index in [9.17, 15) is 30.4 Å². The van der Waals surface area contributed by atoms with Crippen LogP contribution in [-0.2, 0) is 27.6 Å². The van der Waals surface area contributed by atoms with Crippen molar-refractivity contribution in [1.29, 1.82) is 0 Å². The van der Waals surface area contributed by atoms with Gasteiger partial charge in [0.1, 0.15) is 16.5 Å². The van der Waals surface area contributed by atoms with Crippen LogP contribution in [0, 0.1) is 11.6 Å². The highest BCUT2D eigenvalue weighted by Gasteiger charge is 2.57. The van der Waals surface area contributed by atoms with Crippen LogP contribution in [-0.4, -0.2) is 32.2 Å². The first-order valence-corrected chi connectivity index (χ1v) is 9.96. The summed E-state index contributed by atoms with van der Waals surface area (Å²) in [6.45, 7) is 0. The van der Waals surface area contributed by atoms with Crippen LogP contribution in [0.1, 0.15) is 21.8 Å². The number of aromatic nitrogens is 1. The molecule has 28 heavy (non-hydrogen) atoms. The van der Waals surface area contributed by atoms with Crippen molar-refractivity contribution < 1.29 is 39.2 Å². The first kappa shape index (κ1) is 17.2. The number of methoxy groups -OCH3 is 1. The van der Waals surface area contributed by atoms with E-state index in [0.29, 0.717) is 12.1 Å². The topological polar surface area (TPSA) is 71.2 Å². The summed E-state index contributed by atoms with van der Waals surface area (Å²) in [6.07, 6.45) is -6.42. The molecule has 1 aromatic heterocycles. The lowest BCUT2D eigenvalue weighted by Gasteiger charge is -2.37. The largest absolute Gasteiger partial charge is 0.417 e. The van der Waals surface area contributed by atoms with E-state index >= 15 is 0 Å². The van der Waals surface area contributed by atoms with Crippen molar-refractivity contribution in [3.05, 3.63) is 45.7 Å². The predicted octanol–water partition coefficient (Wildman–Crippen LogP) is 4.29. The quantitative estimate of drug-likeness (QED) is 0.494. The molecule has 1 aliphatic rings. The Morgan fingerprint density at radius 2 is 2.04 bits per heavy atom. The Morgan fingerprint density at radius 3 is 2.68 bits per heavy atom. The minimum atomic E-state index is -5.04. The minimum absolute atomic E-state index is 0.0282. The molecule has 0 unspecified atom stereocenters. The van der Waals surface area contributed by atoms with Crippen molar-refractivity contribution in [3.8, 4) is 0 Å². The Balaban J connectivity index is 1.96. The Hall–Kier alpha value is -1.66. The zero-order chi connectivity index (χ0) is 23.4. The van der Waals surface area contributed by atoms with Crippen molar-refractivity contribution >= 4 is 31.6 Å². The standard InChI is InChI=1S/C16H14BrF5N2O3S/c1-27-15(16(20,21)22)3-2-8-13(6-15)23-7-14(8)28(25,26)24-12-5-10(18)9(17)4-11(12)19/h4-5,7,23-24H,2-3,6H2,1H3/t15-/m0/s1/i1D3. The number of hydrogen-bond acceptors (Lipinski definition) is 3. The number of halogens is 6. The SMILES string of the molecule is [2H]C([2H])([2H])O[C@@]1(C(F)(F)F)CCc2c(S(=O)(=O)Nc3cc(F)c(Br)cc3F)c[nH]c2C1. The second-order valence-corrected chi connectivity index (χ2v) is 8.74. The molecule has 12 heteroatoms. The second kappa shape index (κ2) is 6.99. The zero-order valence-electron chi connectivity index (χ0n) is 16.8. The number of alkyl halides is 3. The van der Waals surface area contributed by atoms with Gasteiger partial charge in [0.15, 0.2) is 5.60 Å². The molecule has 0 saturated heterocycles. The molecular formula is C16H14BrF5N2O3S. The molecule has 2 aromatic rings. The van der Waals surface area contributed by atoms with Gasteiger partial charge in [0.25, 0.3) is 10.0 Å². The Morgan fingerprint density at radius 1 is 1.32 bits per heavy atom. The summed E-state index contributed by atoms with van der Waals surface area (Å²) < 4.78 is 121. The number of ether oxygens (including phenoxy) is 1. The molecule has 1 aliphatic carbocycles. The minimum Gasteiger partial charge on any atom is -0.368 e. The molecule has 0 amide bonds. The molecule has 1 atom stereocenters. The van der Waals surface area contributed by atoms with Gasteiger partial charge in [0, 0.05) is 31.4 Å². The van der Waals surface area contributed by atoms with Gasteiger partial charge in [-0.25, -0.2) is 17.2 Å². The van der Waals surface area contributed by atoms with Gasteiger partial charge < -0.3 is 9.72 Å². The van der Waals surface area contributed by atoms with Gasteiger partial charge in [-0.2, -0.15) is 13.2 Å². The lowest BCUT2D eigenvalue weighted by atomic mass is 9.83. The van der Waals surface area contributed by atoms with Crippen molar-refractivity contribution in [1.82, 2.24) is 4.98 Å². The summed E-state index contributed by atoms with van der Waals surface area (Å²) in [7, 11) is -7.84. The fourth-order valence-electron chi connectivity index (χ4n) is 3.04. The van der Waals surface area contributed by atoms with E-state index in [-0.39, 0.29) is 15.7 Å². The van der Waals surface area contributed by atoms with Crippen LogP contribution < -0.4 is 4.72 Å². The maximum Gasteiger partial charge on any atom is 0.417 e. The molecule has 5 nitrogen and oxygen atoms in total. The molecule has 1 heterocycles. The molecule has 0 fully saturated rings. The van der Waals surface area contributed by atoms with Gasteiger partial charge in [0.2, 0.25) is 0 Å². The summed E-state index contributed by atoms with van der Waals surface area (Å²) in [6, 6.07) is 1.32. The molecule has 0 saturated carbocycles. The van der Waals surface area contributed by atoms with Crippen LogP contribution >= 0.6 is 15.9 Å². The first-order chi connectivity index (χ1) is 14.0. The van der Waals surface area contributed by atoms with Gasteiger partial charge in [-0.1, -0.05) is 0 Å². The normalized spacial score (nSPS) is 22.1. The average molecular weight is 492 g/mol. The van der Waals surface area contributed by atoms with Gasteiger partial charge in [-0.05, 0) is 40.4 Å². The number of H-pyrrole nitrogens is 1. The van der Waals surface area contributed by atoms with Crippen LogP contribution in [0.2, 0.25) is 0 Å². The summed E-state index contributed by atoms with van der Waals surface area (Å²) in [5, 5.41) is 0. The van der Waals surface area contributed by atoms with E-state index in [1.165, 1.54) is 0 Å². The highest BCUT2D eigenvalue weighted by atomic mass is 79.9. The van der Waals surface area contributed by atoms with E-state index < -0.39 is 70.3 Å². The molecule has 154 valence electrons. The highest BCUT2D eigenvalue weighted by molar-refractivity contribution is 9.10. The lowest BCUT2D eigenvalue weighted by molar-refractivity contribution is -0.273. The molecule has 0 radical (unpaired) electrons. The fraction of sp³-hybridized carbons (Fsp3) is 0.375. The van der Waals surface area contributed by atoms with Crippen LogP contribution in [0.25, 0.3) is 0 Å². The summed E-state index contributed by atoms with van der Waals surface area (Å²) in [5.74, 6) is -2.02. The van der Waals surface area contributed by atoms with Crippen LogP contribution in [0.5, 0.6) is 0 Å². The number of benzene rings is 1. The summed E-state index contributed by atoms with van der Waals surface area (Å²) in [5.41, 5.74) is -3.94. The van der Waals surface area contributed by atoms with E-state index in [0.717, 1.165) is 6.20 Å². The molecule has 0 spiro atoms. The van der Waals surface area contributed by atoms with Gasteiger partial charge in [-0.15, -0.1) is 0 Å². The summed E-state index contributed by atoms with van der Waals surface area (Å²) in [4.78, 5) is 1.94. The Kier molecular flexibility index (Phi) is 4.30. The molecule has 3 rings (SSSR count). The third-order valence-corrected chi connectivity index (χ3v) is 6.58. The van der Waals surface area contributed by atoms with E-state index in [4.69, 9.17) is 4.11 Å². The van der Waals surface area contributed by atoms with Crippen LogP contribution in [0.15, 0.2) is 27.7 Å². The Labute approximate surface area is 169 Å². The number of rotatable bonds is 4. The van der Waals surface area contributed by atoms with E-state index in [1.54, 1.807) is 0 Å². The van der Waals surface area contributed by atoms with E-state index in [1.807, 2.05) is 4.72 Å². The number of nitrogens with one attached hydrogen (secondary N) is 2. The van der Waals surface area contributed by atoms with Crippen molar-refractivity contribution in [2.75, 3.05) is 11.8 Å². The number of aromatic amines is 1. The van der Waals surface area contributed by atoms with Gasteiger partial charge >= 0.3 is 6.18 Å². The van der Waals surface area contributed by atoms with E-state index in [2.05, 4.69) is 25.7 Å². The zero-order valence-corrected chi connectivity index (χ0v) is 16.2. The lowest BCUT2D eigenvalue weighted by Crippen LogP contribution is -2.51. The predicted molar refractivity (Wildman–Crippen MR) is 93.5 cm³/mol. The molecule has 0 aliphatic heterocycles. The fourth-order valence-corrected chi connectivity index (χ4v) is 4.67. The second-order valence-electron chi connectivity index (χ2n) is 6.23. The van der Waals surface area contributed by atoms with Gasteiger partial charge in [-0.3, -0.25) is 4.72 Å². The molecule has 2 N–H and O–H groups in total. The number of sulfonamides is 1. The monoisotopic (exact) mass is 491 g/mol.